The Morgan fingerprint density at radius 1 is 1.06 bits per heavy atom. The molecule has 1 heterocycles. The molecule has 0 unspecified atom stereocenters. The van der Waals surface area contributed by atoms with Gasteiger partial charge in [-0.1, -0.05) is 32.0 Å². The third kappa shape index (κ3) is 3.28. The van der Waals surface area contributed by atoms with Crippen LogP contribution in [-0.4, -0.2) is 4.98 Å². The summed E-state index contributed by atoms with van der Waals surface area (Å²) in [7, 11) is 0. The number of anilines is 3. The lowest BCUT2D eigenvalue weighted by Crippen LogP contribution is -1.96. The zero-order valence-corrected chi connectivity index (χ0v) is 9.64. The molecule has 2 rings (SSSR count). The summed E-state index contributed by atoms with van der Waals surface area (Å²) < 4.78 is 0. The Morgan fingerprint density at radius 2 is 1.75 bits per heavy atom. The van der Waals surface area contributed by atoms with Crippen molar-refractivity contribution >= 4 is 17.1 Å². The van der Waals surface area contributed by atoms with Crippen molar-refractivity contribution in [2.75, 3.05) is 11.1 Å². The Balaban J connectivity index is 0.000000606. The average Bonchev–Trinajstić information content (AvgIpc) is 2.36. The molecule has 3 N–H and O–H groups in total. The molecule has 1 aromatic carbocycles. The molecular weight excluding hydrogens is 198 g/mol. The number of nitrogens with two attached hydrogens (primary N) is 1. The predicted octanol–water partition coefficient (Wildman–Crippen LogP) is 3.43. The van der Waals surface area contributed by atoms with Gasteiger partial charge in [-0.05, 0) is 18.2 Å². The van der Waals surface area contributed by atoms with Crippen LogP contribution >= 0.6 is 0 Å². The molecule has 3 heteroatoms. The van der Waals surface area contributed by atoms with Gasteiger partial charge in [-0.2, -0.15) is 0 Å². The number of rotatable bonds is 2. The minimum absolute atomic E-state index is 0.649. The molecule has 0 atom stereocenters. The van der Waals surface area contributed by atoms with Gasteiger partial charge in [0, 0.05) is 11.9 Å². The van der Waals surface area contributed by atoms with E-state index in [1.54, 1.807) is 12.4 Å². The highest BCUT2D eigenvalue weighted by atomic mass is 14.9. The molecule has 0 bridgehead atoms. The topological polar surface area (TPSA) is 50.9 Å². The highest BCUT2D eigenvalue weighted by molar-refractivity contribution is 5.71. The normalized spacial score (nSPS) is 8.88. The van der Waals surface area contributed by atoms with Gasteiger partial charge in [0.05, 0.1) is 17.6 Å². The van der Waals surface area contributed by atoms with E-state index < -0.39 is 0 Å². The van der Waals surface area contributed by atoms with E-state index in [4.69, 9.17) is 5.73 Å². The van der Waals surface area contributed by atoms with Crippen LogP contribution in [0.5, 0.6) is 0 Å². The lowest BCUT2D eigenvalue weighted by molar-refractivity contribution is 1.33. The molecule has 2 aromatic rings. The van der Waals surface area contributed by atoms with Crippen LogP contribution < -0.4 is 11.1 Å². The van der Waals surface area contributed by atoms with Crippen molar-refractivity contribution in [2.45, 2.75) is 13.8 Å². The molecule has 0 fully saturated rings. The first kappa shape index (κ1) is 12.0. The summed E-state index contributed by atoms with van der Waals surface area (Å²) in [6, 6.07) is 11.7. The molecule has 1 aromatic heterocycles. The van der Waals surface area contributed by atoms with E-state index in [0.29, 0.717) is 5.69 Å². The standard InChI is InChI=1S/C11H11N3.C2H6/c12-10-8-13-7-6-11(10)14-9-4-2-1-3-5-9;1-2/h1-8H,12H2,(H,13,14);1-2H3. The first-order chi connectivity index (χ1) is 7.86. The monoisotopic (exact) mass is 215 g/mol. The Bertz CT molecular complexity index is 413. The van der Waals surface area contributed by atoms with Gasteiger partial charge in [0.25, 0.3) is 0 Å². The maximum Gasteiger partial charge on any atom is 0.0739 e. The van der Waals surface area contributed by atoms with Gasteiger partial charge in [0.2, 0.25) is 0 Å². The maximum atomic E-state index is 5.74. The number of aromatic nitrogens is 1. The van der Waals surface area contributed by atoms with Gasteiger partial charge in [0.1, 0.15) is 0 Å². The smallest absolute Gasteiger partial charge is 0.0739 e. The van der Waals surface area contributed by atoms with E-state index in [2.05, 4.69) is 10.3 Å². The number of benzene rings is 1. The molecular formula is C13H17N3. The maximum absolute atomic E-state index is 5.74. The van der Waals surface area contributed by atoms with Crippen molar-refractivity contribution in [3.05, 3.63) is 48.8 Å². The summed E-state index contributed by atoms with van der Waals surface area (Å²) in [6.45, 7) is 4.00. The Morgan fingerprint density at radius 3 is 2.38 bits per heavy atom. The molecule has 0 spiro atoms. The van der Waals surface area contributed by atoms with Crippen molar-refractivity contribution in [1.29, 1.82) is 0 Å². The van der Waals surface area contributed by atoms with Crippen LogP contribution in [0.3, 0.4) is 0 Å². The molecule has 0 saturated heterocycles. The van der Waals surface area contributed by atoms with Crippen molar-refractivity contribution in [3.8, 4) is 0 Å². The molecule has 84 valence electrons. The summed E-state index contributed by atoms with van der Waals surface area (Å²) in [5.74, 6) is 0. The third-order valence-corrected chi connectivity index (χ3v) is 1.90. The Labute approximate surface area is 96.3 Å². The Hall–Kier alpha value is -2.03. The van der Waals surface area contributed by atoms with Crippen LogP contribution in [0.2, 0.25) is 0 Å². The molecule has 0 amide bonds. The number of pyridine rings is 1. The SMILES string of the molecule is CC.Nc1cnccc1Nc1ccccc1. The second-order valence-corrected chi connectivity index (χ2v) is 2.95. The number of nitrogens with zero attached hydrogens (tertiary/aromatic N) is 1. The zero-order valence-electron chi connectivity index (χ0n) is 9.64. The number of hydrogen-bond donors (Lipinski definition) is 2. The van der Waals surface area contributed by atoms with Gasteiger partial charge in [-0.3, -0.25) is 4.98 Å². The second-order valence-electron chi connectivity index (χ2n) is 2.95. The van der Waals surface area contributed by atoms with Crippen LogP contribution in [-0.2, 0) is 0 Å². The molecule has 3 nitrogen and oxygen atoms in total. The quantitative estimate of drug-likeness (QED) is 0.806. The highest BCUT2D eigenvalue weighted by Crippen LogP contribution is 2.20. The largest absolute Gasteiger partial charge is 0.396 e. The number of nitrogens with one attached hydrogen (secondary N) is 1. The molecule has 0 aliphatic heterocycles. The Kier molecular flexibility index (Phi) is 4.86. The van der Waals surface area contributed by atoms with Crippen LogP contribution in [0.1, 0.15) is 13.8 Å². The van der Waals surface area contributed by atoms with Crippen molar-refractivity contribution in [2.24, 2.45) is 0 Å². The fraction of sp³-hybridized carbons (Fsp3) is 0.154. The number of para-hydroxylation sites is 1. The average molecular weight is 215 g/mol. The fourth-order valence-corrected chi connectivity index (χ4v) is 1.20. The molecule has 0 saturated carbocycles. The zero-order chi connectivity index (χ0) is 11.8. The first-order valence-electron chi connectivity index (χ1n) is 5.38. The predicted molar refractivity (Wildman–Crippen MR) is 69.7 cm³/mol. The van der Waals surface area contributed by atoms with E-state index in [1.165, 1.54) is 0 Å². The van der Waals surface area contributed by atoms with Gasteiger partial charge < -0.3 is 11.1 Å². The number of hydrogen-bond acceptors (Lipinski definition) is 3. The molecule has 0 radical (unpaired) electrons. The van der Waals surface area contributed by atoms with Gasteiger partial charge in [-0.15, -0.1) is 0 Å². The van der Waals surface area contributed by atoms with Crippen LogP contribution in [0, 0.1) is 0 Å². The van der Waals surface area contributed by atoms with E-state index in [0.717, 1.165) is 11.4 Å². The lowest BCUT2D eigenvalue weighted by atomic mass is 10.3. The van der Waals surface area contributed by atoms with Crippen LogP contribution in [0.15, 0.2) is 48.8 Å². The highest BCUT2D eigenvalue weighted by Gasteiger charge is 1.97. The second kappa shape index (κ2) is 6.45. The van der Waals surface area contributed by atoms with Gasteiger partial charge >= 0.3 is 0 Å². The fourth-order valence-electron chi connectivity index (χ4n) is 1.20. The van der Waals surface area contributed by atoms with E-state index in [-0.39, 0.29) is 0 Å². The molecule has 0 aliphatic rings. The first-order valence-corrected chi connectivity index (χ1v) is 5.38. The van der Waals surface area contributed by atoms with Gasteiger partial charge in [-0.25, -0.2) is 0 Å². The van der Waals surface area contributed by atoms with Crippen molar-refractivity contribution < 1.29 is 0 Å². The minimum atomic E-state index is 0.649. The van der Waals surface area contributed by atoms with Crippen molar-refractivity contribution in [3.63, 3.8) is 0 Å². The lowest BCUT2D eigenvalue weighted by Gasteiger charge is -2.07. The summed E-state index contributed by atoms with van der Waals surface area (Å²) in [4.78, 5) is 3.92. The van der Waals surface area contributed by atoms with Gasteiger partial charge in [0.15, 0.2) is 0 Å². The number of nitrogen functional groups attached to an aromatic ring is 1. The minimum Gasteiger partial charge on any atom is -0.396 e. The van der Waals surface area contributed by atoms with E-state index in [9.17, 15) is 0 Å². The summed E-state index contributed by atoms with van der Waals surface area (Å²) in [5, 5.41) is 3.21. The van der Waals surface area contributed by atoms with E-state index in [1.807, 2.05) is 50.2 Å². The molecule has 0 aliphatic carbocycles. The van der Waals surface area contributed by atoms with Crippen LogP contribution in [0.25, 0.3) is 0 Å². The van der Waals surface area contributed by atoms with Crippen molar-refractivity contribution in [1.82, 2.24) is 4.98 Å². The third-order valence-electron chi connectivity index (χ3n) is 1.90. The summed E-state index contributed by atoms with van der Waals surface area (Å²) in [5.41, 5.74) is 8.29. The molecule has 16 heavy (non-hydrogen) atoms. The van der Waals surface area contributed by atoms with Crippen LogP contribution in [0.4, 0.5) is 17.1 Å². The summed E-state index contributed by atoms with van der Waals surface area (Å²) >= 11 is 0. The van der Waals surface area contributed by atoms with E-state index >= 15 is 0 Å². The summed E-state index contributed by atoms with van der Waals surface area (Å²) in [6.07, 6.45) is 3.34.